The summed E-state index contributed by atoms with van der Waals surface area (Å²) in [6.07, 6.45) is 3.43. The summed E-state index contributed by atoms with van der Waals surface area (Å²) in [6, 6.07) is 29.4. The van der Waals surface area contributed by atoms with Gasteiger partial charge in [-0.2, -0.15) is 0 Å². The zero-order valence-electron chi connectivity index (χ0n) is 20.7. The number of nitrogens with zero attached hydrogens (tertiary/aromatic N) is 3. The molecule has 1 aromatic heterocycles. The number of carbonyl (C=O) groups is 2. The molecule has 2 heterocycles. The molecule has 0 aliphatic carbocycles. The van der Waals surface area contributed by atoms with Crippen LogP contribution in [0.25, 0.3) is 23.0 Å². The van der Waals surface area contributed by atoms with Gasteiger partial charge in [0.05, 0.1) is 11.3 Å². The summed E-state index contributed by atoms with van der Waals surface area (Å²) in [5, 5.41) is 0.667. The minimum absolute atomic E-state index is 0.0191. The second-order valence-electron chi connectivity index (χ2n) is 9.07. The van der Waals surface area contributed by atoms with Crippen molar-refractivity contribution in [2.75, 3.05) is 26.2 Å². The van der Waals surface area contributed by atoms with Gasteiger partial charge in [-0.1, -0.05) is 72.3 Å². The first-order valence-electron chi connectivity index (χ1n) is 12.4. The summed E-state index contributed by atoms with van der Waals surface area (Å²) in [6.45, 7) is 3.98. The third-order valence-electron chi connectivity index (χ3n) is 6.73. The Morgan fingerprint density at radius 2 is 1.38 bits per heavy atom. The van der Waals surface area contributed by atoms with E-state index < -0.39 is 0 Å². The van der Waals surface area contributed by atoms with Crippen LogP contribution in [0.1, 0.15) is 21.6 Å². The van der Waals surface area contributed by atoms with Crippen LogP contribution in [0.5, 0.6) is 0 Å². The molecule has 1 saturated heterocycles. The third-order valence-corrected chi connectivity index (χ3v) is 6.98. The van der Waals surface area contributed by atoms with Gasteiger partial charge in [-0.3, -0.25) is 9.59 Å². The number of hydrogen-bond acceptors (Lipinski definition) is 2. The molecule has 0 bridgehead atoms. The van der Waals surface area contributed by atoms with Gasteiger partial charge in [-0.05, 0) is 54.5 Å². The highest BCUT2D eigenvalue weighted by Crippen LogP contribution is 2.31. The molecular weight excluding hydrogens is 482 g/mol. The Kier molecular flexibility index (Phi) is 7.24. The van der Waals surface area contributed by atoms with Crippen LogP contribution in [0.4, 0.5) is 0 Å². The highest BCUT2D eigenvalue weighted by molar-refractivity contribution is 6.30. The number of benzene rings is 3. The highest BCUT2D eigenvalue weighted by atomic mass is 35.5. The first-order chi connectivity index (χ1) is 18.0. The number of rotatable bonds is 5. The lowest BCUT2D eigenvalue weighted by Gasteiger charge is -2.34. The van der Waals surface area contributed by atoms with E-state index in [0.29, 0.717) is 36.8 Å². The molecule has 186 valence electrons. The van der Waals surface area contributed by atoms with E-state index in [9.17, 15) is 9.59 Å². The topological polar surface area (TPSA) is 45.6 Å². The van der Waals surface area contributed by atoms with Crippen LogP contribution in [-0.2, 0) is 4.79 Å². The van der Waals surface area contributed by atoms with Crippen molar-refractivity contribution in [3.63, 3.8) is 0 Å². The van der Waals surface area contributed by atoms with Crippen molar-refractivity contribution in [3.8, 4) is 16.9 Å². The van der Waals surface area contributed by atoms with Gasteiger partial charge in [0.15, 0.2) is 0 Å². The van der Waals surface area contributed by atoms with Gasteiger partial charge < -0.3 is 14.4 Å². The molecule has 1 fully saturated rings. The average molecular weight is 510 g/mol. The van der Waals surface area contributed by atoms with E-state index in [0.717, 1.165) is 28.2 Å². The number of halogens is 1. The molecule has 3 aromatic carbocycles. The third kappa shape index (κ3) is 5.37. The number of para-hydroxylation sites is 1. The van der Waals surface area contributed by atoms with Crippen molar-refractivity contribution in [2.24, 2.45) is 0 Å². The standard InChI is InChI=1S/C31H28ClN3O2/c1-23-28(22-29(25-13-15-26(32)16-14-25)35(23)27-10-6-3-7-11-27)31(37)34-20-18-33(19-21-34)30(36)17-12-24-8-4-2-5-9-24/h2-17,22H,18-21H2,1H3/b17-12+. The number of aromatic nitrogens is 1. The minimum atomic E-state index is -0.0348. The zero-order chi connectivity index (χ0) is 25.8. The SMILES string of the molecule is Cc1c(C(=O)N2CCN(C(=O)/C=C/c3ccccc3)CC2)cc(-c2ccc(Cl)cc2)n1-c1ccccc1. The summed E-state index contributed by atoms with van der Waals surface area (Å²) < 4.78 is 2.12. The molecule has 37 heavy (non-hydrogen) atoms. The lowest BCUT2D eigenvalue weighted by atomic mass is 10.1. The Morgan fingerprint density at radius 1 is 0.784 bits per heavy atom. The lowest BCUT2D eigenvalue weighted by molar-refractivity contribution is -0.127. The van der Waals surface area contributed by atoms with Crippen LogP contribution >= 0.6 is 11.6 Å². The van der Waals surface area contributed by atoms with Crippen LogP contribution in [0.2, 0.25) is 5.02 Å². The molecule has 5 nitrogen and oxygen atoms in total. The van der Waals surface area contributed by atoms with Crippen molar-refractivity contribution in [1.82, 2.24) is 14.4 Å². The summed E-state index contributed by atoms with van der Waals surface area (Å²) in [5.41, 5.74) is 5.44. The van der Waals surface area contributed by atoms with Crippen molar-refractivity contribution >= 4 is 29.5 Å². The molecule has 4 aromatic rings. The number of piperazine rings is 1. The molecule has 1 aliphatic heterocycles. The molecule has 0 unspecified atom stereocenters. The van der Waals surface area contributed by atoms with Crippen LogP contribution in [-0.4, -0.2) is 52.4 Å². The summed E-state index contributed by atoms with van der Waals surface area (Å²) in [5.74, 6) is -0.0540. The fraction of sp³-hybridized carbons (Fsp3) is 0.161. The van der Waals surface area contributed by atoms with Crippen LogP contribution < -0.4 is 0 Å². The predicted molar refractivity (Wildman–Crippen MR) is 149 cm³/mol. The van der Waals surface area contributed by atoms with Gasteiger partial charge >= 0.3 is 0 Å². The van der Waals surface area contributed by atoms with E-state index in [-0.39, 0.29) is 11.8 Å². The van der Waals surface area contributed by atoms with Crippen LogP contribution in [0.15, 0.2) is 97.1 Å². The largest absolute Gasteiger partial charge is 0.336 e. The van der Waals surface area contributed by atoms with Crippen molar-refractivity contribution in [2.45, 2.75) is 6.92 Å². The summed E-state index contributed by atoms with van der Waals surface area (Å²) in [7, 11) is 0. The molecule has 0 saturated carbocycles. The fourth-order valence-electron chi connectivity index (χ4n) is 4.70. The summed E-state index contributed by atoms with van der Waals surface area (Å²) >= 11 is 6.13. The van der Waals surface area contributed by atoms with Gasteiger partial charge in [0.2, 0.25) is 5.91 Å². The normalized spacial score (nSPS) is 13.8. The fourth-order valence-corrected chi connectivity index (χ4v) is 4.83. The Hall–Kier alpha value is -4.09. The van der Waals surface area contributed by atoms with E-state index in [2.05, 4.69) is 4.57 Å². The van der Waals surface area contributed by atoms with E-state index in [1.807, 2.05) is 109 Å². The molecule has 0 spiro atoms. The molecule has 1 aliphatic rings. The highest BCUT2D eigenvalue weighted by Gasteiger charge is 2.27. The monoisotopic (exact) mass is 509 g/mol. The van der Waals surface area contributed by atoms with E-state index in [1.165, 1.54) is 0 Å². The van der Waals surface area contributed by atoms with Gasteiger partial charge in [-0.15, -0.1) is 0 Å². The van der Waals surface area contributed by atoms with E-state index in [1.54, 1.807) is 11.0 Å². The maximum atomic E-state index is 13.7. The van der Waals surface area contributed by atoms with Crippen LogP contribution in [0.3, 0.4) is 0 Å². The van der Waals surface area contributed by atoms with Gasteiger partial charge in [-0.25, -0.2) is 0 Å². The second-order valence-corrected chi connectivity index (χ2v) is 9.50. The maximum absolute atomic E-state index is 13.7. The Morgan fingerprint density at radius 3 is 2.03 bits per heavy atom. The first kappa shape index (κ1) is 24.6. The summed E-state index contributed by atoms with van der Waals surface area (Å²) in [4.78, 5) is 30.0. The lowest BCUT2D eigenvalue weighted by Crippen LogP contribution is -2.50. The number of hydrogen-bond donors (Lipinski definition) is 0. The molecular formula is C31H28ClN3O2. The first-order valence-corrected chi connectivity index (χ1v) is 12.7. The van der Waals surface area contributed by atoms with Gasteiger partial charge in [0, 0.05) is 48.7 Å². The zero-order valence-corrected chi connectivity index (χ0v) is 21.4. The molecule has 2 amide bonds. The Balaban J connectivity index is 1.35. The van der Waals surface area contributed by atoms with E-state index in [4.69, 9.17) is 11.6 Å². The maximum Gasteiger partial charge on any atom is 0.255 e. The molecule has 6 heteroatoms. The molecule has 0 radical (unpaired) electrons. The van der Waals surface area contributed by atoms with Gasteiger partial charge in [0.25, 0.3) is 5.91 Å². The molecule has 5 rings (SSSR count). The number of amides is 2. The predicted octanol–water partition coefficient (Wildman–Crippen LogP) is 6.10. The van der Waals surface area contributed by atoms with Crippen molar-refractivity contribution < 1.29 is 9.59 Å². The van der Waals surface area contributed by atoms with Gasteiger partial charge in [0.1, 0.15) is 0 Å². The van der Waals surface area contributed by atoms with Crippen molar-refractivity contribution in [3.05, 3.63) is 119 Å². The van der Waals surface area contributed by atoms with Crippen LogP contribution in [0, 0.1) is 6.92 Å². The minimum Gasteiger partial charge on any atom is -0.336 e. The Labute approximate surface area is 222 Å². The Bertz CT molecular complexity index is 1420. The smallest absolute Gasteiger partial charge is 0.255 e. The average Bonchev–Trinajstić information content (AvgIpc) is 3.29. The quantitative estimate of drug-likeness (QED) is 0.305. The number of carbonyl (C=O) groups excluding carboxylic acids is 2. The molecule has 0 N–H and O–H groups in total. The van der Waals surface area contributed by atoms with E-state index >= 15 is 0 Å². The molecule has 0 atom stereocenters. The second kappa shape index (κ2) is 10.9. The van der Waals surface area contributed by atoms with Crippen molar-refractivity contribution in [1.29, 1.82) is 0 Å².